The Labute approximate surface area is 181 Å². The lowest BCUT2D eigenvalue weighted by atomic mass is 10.0. The van der Waals surface area contributed by atoms with Crippen molar-refractivity contribution in [2.45, 2.75) is 32.5 Å². The van der Waals surface area contributed by atoms with E-state index in [1.165, 1.54) is 0 Å². The highest BCUT2D eigenvalue weighted by molar-refractivity contribution is 6.30. The molecule has 0 aliphatic heterocycles. The maximum atomic E-state index is 13.3. The first kappa shape index (κ1) is 21.5. The van der Waals surface area contributed by atoms with E-state index in [2.05, 4.69) is 10.3 Å². The lowest BCUT2D eigenvalue weighted by Gasteiger charge is -2.31. The molecule has 0 unspecified atom stereocenters. The Morgan fingerprint density at radius 1 is 0.967 bits per heavy atom. The lowest BCUT2D eigenvalue weighted by molar-refractivity contribution is -0.141. The van der Waals surface area contributed by atoms with Crippen LogP contribution in [-0.4, -0.2) is 21.7 Å². The number of hydrogen-bond acceptors (Lipinski definition) is 3. The van der Waals surface area contributed by atoms with E-state index in [0.717, 1.165) is 16.7 Å². The smallest absolute Gasteiger partial charge is 0.247 e. The maximum absolute atomic E-state index is 13.3. The molecule has 6 heteroatoms. The number of nitrogens with zero attached hydrogens (tertiary/aromatic N) is 2. The summed E-state index contributed by atoms with van der Waals surface area (Å²) in [6.07, 6.45) is 3.67. The average molecular weight is 422 g/mol. The van der Waals surface area contributed by atoms with Crippen LogP contribution in [-0.2, 0) is 22.7 Å². The molecule has 1 aromatic heterocycles. The Balaban J connectivity index is 1.89. The van der Waals surface area contributed by atoms with Crippen LogP contribution in [0.15, 0.2) is 79.1 Å². The van der Waals surface area contributed by atoms with Gasteiger partial charge in [0.15, 0.2) is 0 Å². The van der Waals surface area contributed by atoms with E-state index in [-0.39, 0.29) is 11.8 Å². The normalized spacial score (nSPS) is 11.5. The van der Waals surface area contributed by atoms with Gasteiger partial charge in [-0.15, -0.1) is 0 Å². The number of aromatic nitrogens is 1. The molecule has 0 spiro atoms. The molecule has 1 heterocycles. The van der Waals surface area contributed by atoms with Crippen LogP contribution in [0.2, 0.25) is 5.02 Å². The summed E-state index contributed by atoms with van der Waals surface area (Å²) in [5.74, 6) is -0.327. The van der Waals surface area contributed by atoms with E-state index in [9.17, 15) is 9.59 Å². The van der Waals surface area contributed by atoms with Gasteiger partial charge in [0, 0.05) is 36.9 Å². The van der Waals surface area contributed by atoms with Gasteiger partial charge < -0.3 is 10.2 Å². The molecule has 0 saturated heterocycles. The number of pyridine rings is 1. The molecule has 3 aromatic rings. The van der Waals surface area contributed by atoms with E-state index < -0.39 is 6.04 Å². The second-order valence-corrected chi connectivity index (χ2v) is 7.32. The SMILES string of the molecule is CCC(=O)N(Cc1ccc(Cl)cc1)[C@@H](C(=O)NCc1ccncc1)c1ccccc1. The topological polar surface area (TPSA) is 62.3 Å². The van der Waals surface area contributed by atoms with Gasteiger partial charge in [0.25, 0.3) is 0 Å². The molecule has 1 atom stereocenters. The molecular weight excluding hydrogens is 398 g/mol. The molecule has 154 valence electrons. The number of nitrogens with one attached hydrogen (secondary N) is 1. The quantitative estimate of drug-likeness (QED) is 0.581. The Hall–Kier alpha value is -3.18. The number of carbonyl (C=O) groups is 2. The van der Waals surface area contributed by atoms with Crippen LogP contribution >= 0.6 is 11.6 Å². The van der Waals surface area contributed by atoms with Gasteiger partial charge in [-0.25, -0.2) is 0 Å². The third-order valence-corrected chi connectivity index (χ3v) is 5.03. The molecule has 0 fully saturated rings. The van der Waals surface area contributed by atoms with Gasteiger partial charge in [-0.3, -0.25) is 14.6 Å². The second kappa shape index (κ2) is 10.6. The van der Waals surface area contributed by atoms with Crippen molar-refractivity contribution in [2.75, 3.05) is 0 Å². The first-order valence-electron chi connectivity index (χ1n) is 9.84. The van der Waals surface area contributed by atoms with E-state index >= 15 is 0 Å². The standard InChI is InChI=1S/C24H24ClN3O2/c1-2-22(29)28(17-19-8-10-21(25)11-9-19)23(20-6-4-3-5-7-20)24(30)27-16-18-12-14-26-15-13-18/h3-15,23H,2,16-17H2,1H3,(H,27,30)/t23-/m1/s1. The molecule has 1 N–H and O–H groups in total. The van der Waals surface area contributed by atoms with Crippen LogP contribution in [0.5, 0.6) is 0 Å². The van der Waals surface area contributed by atoms with E-state index in [4.69, 9.17) is 11.6 Å². The van der Waals surface area contributed by atoms with Crippen LogP contribution in [0.4, 0.5) is 0 Å². The molecule has 3 rings (SSSR count). The van der Waals surface area contributed by atoms with Gasteiger partial charge in [-0.2, -0.15) is 0 Å². The van der Waals surface area contributed by atoms with Gasteiger partial charge in [0.05, 0.1) is 0 Å². The first-order valence-corrected chi connectivity index (χ1v) is 10.2. The third-order valence-electron chi connectivity index (χ3n) is 4.78. The largest absolute Gasteiger partial charge is 0.350 e. The van der Waals surface area contributed by atoms with E-state index in [1.807, 2.05) is 54.6 Å². The van der Waals surface area contributed by atoms with Crippen molar-refractivity contribution in [1.29, 1.82) is 0 Å². The predicted molar refractivity (Wildman–Crippen MR) is 118 cm³/mol. The fraction of sp³-hybridized carbons (Fsp3) is 0.208. The number of halogens is 1. The van der Waals surface area contributed by atoms with Crippen LogP contribution in [0.25, 0.3) is 0 Å². The van der Waals surface area contributed by atoms with Crippen molar-refractivity contribution in [3.05, 3.63) is 101 Å². The predicted octanol–water partition coefficient (Wildman–Crippen LogP) is 4.53. The van der Waals surface area contributed by atoms with Crippen LogP contribution in [0.1, 0.15) is 36.1 Å². The Bertz CT molecular complexity index is 963. The Morgan fingerprint density at radius 2 is 1.63 bits per heavy atom. The Kier molecular flexibility index (Phi) is 7.57. The zero-order chi connectivity index (χ0) is 21.3. The summed E-state index contributed by atoms with van der Waals surface area (Å²) < 4.78 is 0. The molecule has 30 heavy (non-hydrogen) atoms. The van der Waals surface area contributed by atoms with Crippen molar-refractivity contribution in [3.8, 4) is 0 Å². The molecule has 0 bridgehead atoms. The number of rotatable bonds is 8. The monoisotopic (exact) mass is 421 g/mol. The minimum Gasteiger partial charge on any atom is -0.350 e. The summed E-state index contributed by atoms with van der Waals surface area (Å²) in [7, 11) is 0. The first-order chi connectivity index (χ1) is 14.6. The van der Waals surface area contributed by atoms with Crippen molar-refractivity contribution in [3.63, 3.8) is 0 Å². The number of amides is 2. The fourth-order valence-corrected chi connectivity index (χ4v) is 3.33. The van der Waals surface area contributed by atoms with Crippen molar-refractivity contribution in [1.82, 2.24) is 15.2 Å². The maximum Gasteiger partial charge on any atom is 0.247 e. The molecule has 5 nitrogen and oxygen atoms in total. The van der Waals surface area contributed by atoms with Gasteiger partial charge >= 0.3 is 0 Å². The van der Waals surface area contributed by atoms with Crippen LogP contribution in [0.3, 0.4) is 0 Å². The number of benzene rings is 2. The summed E-state index contributed by atoms with van der Waals surface area (Å²) in [5, 5.41) is 3.60. The summed E-state index contributed by atoms with van der Waals surface area (Å²) in [4.78, 5) is 31.8. The Morgan fingerprint density at radius 3 is 2.27 bits per heavy atom. The highest BCUT2D eigenvalue weighted by Gasteiger charge is 2.30. The number of carbonyl (C=O) groups excluding carboxylic acids is 2. The fourth-order valence-electron chi connectivity index (χ4n) is 3.21. The molecule has 0 radical (unpaired) electrons. The minimum absolute atomic E-state index is 0.0992. The van der Waals surface area contributed by atoms with Crippen LogP contribution < -0.4 is 5.32 Å². The second-order valence-electron chi connectivity index (χ2n) is 6.89. The zero-order valence-electron chi connectivity index (χ0n) is 16.8. The molecule has 0 aliphatic rings. The molecule has 0 aliphatic carbocycles. The minimum atomic E-state index is -0.740. The van der Waals surface area contributed by atoms with Crippen LogP contribution in [0, 0.1) is 0 Å². The van der Waals surface area contributed by atoms with Crippen molar-refractivity contribution >= 4 is 23.4 Å². The third kappa shape index (κ3) is 5.67. The highest BCUT2D eigenvalue weighted by atomic mass is 35.5. The van der Waals surface area contributed by atoms with E-state index in [0.29, 0.717) is 24.5 Å². The van der Waals surface area contributed by atoms with Crippen molar-refractivity contribution < 1.29 is 9.59 Å². The number of hydrogen-bond donors (Lipinski definition) is 1. The summed E-state index contributed by atoms with van der Waals surface area (Å²) >= 11 is 6.00. The zero-order valence-corrected chi connectivity index (χ0v) is 17.5. The highest BCUT2D eigenvalue weighted by Crippen LogP contribution is 2.25. The van der Waals surface area contributed by atoms with Gasteiger partial charge in [-0.1, -0.05) is 61.0 Å². The lowest BCUT2D eigenvalue weighted by Crippen LogP contribution is -2.43. The van der Waals surface area contributed by atoms with Gasteiger partial charge in [-0.05, 0) is 41.0 Å². The summed E-state index contributed by atoms with van der Waals surface area (Å²) in [6.45, 7) is 2.47. The molecule has 2 aromatic carbocycles. The van der Waals surface area contributed by atoms with Crippen molar-refractivity contribution in [2.24, 2.45) is 0 Å². The average Bonchev–Trinajstić information content (AvgIpc) is 2.79. The summed E-state index contributed by atoms with van der Waals surface area (Å²) in [6, 6.07) is 19.6. The molecule has 0 saturated carbocycles. The van der Waals surface area contributed by atoms with Gasteiger partial charge in [0.1, 0.15) is 6.04 Å². The summed E-state index contributed by atoms with van der Waals surface area (Å²) in [5.41, 5.74) is 2.61. The van der Waals surface area contributed by atoms with E-state index in [1.54, 1.807) is 36.4 Å². The van der Waals surface area contributed by atoms with Gasteiger partial charge in [0.2, 0.25) is 11.8 Å². The molecular formula is C24H24ClN3O2. The molecule has 2 amide bonds.